The highest BCUT2D eigenvalue weighted by molar-refractivity contribution is 7.46. The Morgan fingerprint density at radius 1 is 0.941 bits per heavy atom. The van der Waals surface area contributed by atoms with Gasteiger partial charge in [-0.3, -0.25) is 18.9 Å². The number of hydrogen-bond donors (Lipinski definition) is 4. The van der Waals surface area contributed by atoms with Crippen LogP contribution in [0.5, 0.6) is 0 Å². The van der Waals surface area contributed by atoms with Crippen LogP contribution in [0.15, 0.2) is 96.1 Å². The molecular formula is C36H44N5O8PSi. The largest absolute Gasteiger partial charge is 0.469 e. The van der Waals surface area contributed by atoms with Crippen molar-refractivity contribution in [3.8, 4) is 0 Å². The Labute approximate surface area is 297 Å². The maximum atomic E-state index is 12.8. The van der Waals surface area contributed by atoms with Crippen LogP contribution >= 0.6 is 7.82 Å². The van der Waals surface area contributed by atoms with Crippen molar-refractivity contribution < 1.29 is 32.8 Å². The number of phosphoric acid groups is 1. The van der Waals surface area contributed by atoms with Gasteiger partial charge in [0.05, 0.1) is 12.9 Å². The van der Waals surface area contributed by atoms with Gasteiger partial charge >= 0.3 is 7.82 Å². The van der Waals surface area contributed by atoms with E-state index in [0.29, 0.717) is 0 Å². The van der Waals surface area contributed by atoms with E-state index >= 15 is 0 Å². The van der Waals surface area contributed by atoms with Crippen LogP contribution in [-0.2, 0) is 28.6 Å². The third-order valence-corrected chi connectivity index (χ3v) is 14.7. The first-order chi connectivity index (χ1) is 24.0. The molecule has 4 atom stereocenters. The van der Waals surface area contributed by atoms with Crippen molar-refractivity contribution in [1.29, 1.82) is 0 Å². The molecule has 0 spiro atoms. The summed E-state index contributed by atoms with van der Waals surface area (Å²) in [5.41, 5.74) is 7.83. The van der Waals surface area contributed by atoms with E-state index in [4.69, 9.17) is 24.2 Å². The first kappa shape index (κ1) is 36.8. The number of nitrogens with one attached hydrogen (secondary N) is 1. The zero-order valence-electron chi connectivity index (χ0n) is 29.4. The molecule has 13 nitrogen and oxygen atoms in total. The van der Waals surface area contributed by atoms with Crippen molar-refractivity contribution in [2.45, 2.75) is 76.0 Å². The summed E-state index contributed by atoms with van der Waals surface area (Å²) in [6.45, 7) is 12.0. The summed E-state index contributed by atoms with van der Waals surface area (Å²) in [6, 6.07) is 27.5. The molecule has 0 radical (unpaired) electrons. The maximum absolute atomic E-state index is 12.8. The second-order valence-corrected chi connectivity index (χ2v) is 20.3. The molecular weight excluding hydrogens is 689 g/mol. The molecule has 5 aromatic rings. The number of phosphoric ester groups is 1. The summed E-state index contributed by atoms with van der Waals surface area (Å²) in [7, 11) is -7.62. The molecule has 1 aliphatic heterocycles. The SMILES string of the molecule is Cc1ccc(C(O[C@@H]2[C@@H](COP(=O)(O)O)OC(n3cnc4c(=O)[nH]c(N)nc43)[C@@H]2O[Si](C)(C)C(C)(C)C)(c2ccccc2)c2ccccc2)cc1. The number of anilines is 1. The van der Waals surface area contributed by atoms with E-state index in [1.54, 1.807) is 4.57 Å². The van der Waals surface area contributed by atoms with Crippen LogP contribution < -0.4 is 11.3 Å². The summed E-state index contributed by atoms with van der Waals surface area (Å²) in [6.07, 6.45) is -2.64. The molecule has 51 heavy (non-hydrogen) atoms. The number of nitrogens with two attached hydrogens (primary N) is 1. The lowest BCUT2D eigenvalue weighted by Crippen LogP contribution is -2.52. The summed E-state index contributed by atoms with van der Waals surface area (Å²) in [5, 5.41) is -0.272. The lowest BCUT2D eigenvalue weighted by molar-refractivity contribution is -0.109. The van der Waals surface area contributed by atoms with Gasteiger partial charge in [-0.2, -0.15) is 4.98 Å². The molecule has 3 heterocycles. The Hall–Kier alpha value is -3.98. The lowest BCUT2D eigenvalue weighted by Gasteiger charge is -2.44. The van der Waals surface area contributed by atoms with Crippen molar-refractivity contribution in [3.63, 3.8) is 0 Å². The molecule has 15 heteroatoms. The number of fused-ring (bicyclic) bond motifs is 1. The van der Waals surface area contributed by atoms with Crippen molar-refractivity contribution in [1.82, 2.24) is 19.5 Å². The molecule has 270 valence electrons. The molecule has 5 N–H and O–H groups in total. The fourth-order valence-electron chi connectivity index (χ4n) is 6.19. The van der Waals surface area contributed by atoms with E-state index in [9.17, 15) is 19.1 Å². The first-order valence-electron chi connectivity index (χ1n) is 16.6. The summed E-state index contributed by atoms with van der Waals surface area (Å²) in [4.78, 5) is 43.7. The number of nitrogens with zero attached hydrogens (tertiary/aromatic N) is 3. The maximum Gasteiger partial charge on any atom is 0.469 e. The number of nitrogen functional groups attached to an aromatic ring is 1. The van der Waals surface area contributed by atoms with E-state index in [-0.39, 0.29) is 22.2 Å². The topological polar surface area (TPSA) is 184 Å². The van der Waals surface area contributed by atoms with E-state index < -0.39 is 58.4 Å². The quantitative estimate of drug-likeness (QED) is 0.0733. The van der Waals surface area contributed by atoms with Gasteiger partial charge in [0, 0.05) is 0 Å². The number of aryl methyl sites for hydroxylation is 1. The molecule has 3 aromatic carbocycles. The van der Waals surface area contributed by atoms with Gasteiger partial charge in [0.15, 0.2) is 25.7 Å². The highest BCUT2D eigenvalue weighted by Crippen LogP contribution is 2.49. The molecule has 1 aliphatic rings. The van der Waals surface area contributed by atoms with Gasteiger partial charge in [0.1, 0.15) is 23.9 Å². The van der Waals surface area contributed by atoms with E-state index in [1.165, 1.54) is 6.33 Å². The first-order valence-corrected chi connectivity index (χ1v) is 21.1. The minimum absolute atomic E-state index is 0.0360. The van der Waals surface area contributed by atoms with Crippen molar-refractivity contribution in [2.24, 2.45) is 0 Å². The molecule has 2 aromatic heterocycles. The average Bonchev–Trinajstić information content (AvgIpc) is 3.63. The molecule has 0 amide bonds. The molecule has 1 fully saturated rings. The number of hydrogen-bond acceptors (Lipinski definition) is 9. The minimum atomic E-state index is -4.96. The Balaban J connectivity index is 1.61. The number of ether oxygens (including phenoxy) is 2. The smallest absolute Gasteiger partial charge is 0.407 e. The van der Waals surface area contributed by atoms with Gasteiger partial charge in [0.2, 0.25) is 5.95 Å². The van der Waals surface area contributed by atoms with E-state index in [0.717, 1.165) is 22.3 Å². The van der Waals surface area contributed by atoms with E-state index in [2.05, 4.69) is 48.8 Å². The number of aromatic nitrogens is 4. The fraction of sp³-hybridized carbons (Fsp3) is 0.361. The van der Waals surface area contributed by atoms with Crippen LogP contribution in [0, 0.1) is 6.92 Å². The van der Waals surface area contributed by atoms with Gasteiger partial charge in [-0.1, -0.05) is 111 Å². The standard InChI is InChI=1S/C36H44N5O8PSi/c1-23-17-19-26(20-18-23)36(24-13-9-7-10-14-24,25-15-11-8-12-16-25)48-29-27(21-46-50(43,44)45)47-33(30(29)49-51(5,6)35(2,3)4)41-22-38-28-31(41)39-34(37)40-32(28)42/h7-20,22,27,29-30,33H,21H2,1-6H3,(H2,43,44,45)(H3,37,39,40,42)/t27-,29-,30-,33?/m1/s1. The Morgan fingerprint density at radius 2 is 1.51 bits per heavy atom. The van der Waals surface area contributed by atoms with Crippen LogP contribution in [-0.4, -0.2) is 62.5 Å². The Morgan fingerprint density at radius 3 is 2.06 bits per heavy atom. The van der Waals surface area contributed by atoms with Crippen LogP contribution in [0.4, 0.5) is 5.95 Å². The Kier molecular flexibility index (Phi) is 10.0. The summed E-state index contributed by atoms with van der Waals surface area (Å²) >= 11 is 0. The van der Waals surface area contributed by atoms with Crippen molar-refractivity contribution >= 4 is 33.3 Å². The highest BCUT2D eigenvalue weighted by atomic mass is 31.2. The zero-order valence-corrected chi connectivity index (χ0v) is 31.3. The predicted octanol–water partition coefficient (Wildman–Crippen LogP) is 5.78. The van der Waals surface area contributed by atoms with Crippen LogP contribution in [0.2, 0.25) is 18.1 Å². The van der Waals surface area contributed by atoms with Gasteiger partial charge in [0.25, 0.3) is 5.56 Å². The van der Waals surface area contributed by atoms with Gasteiger partial charge in [-0.15, -0.1) is 0 Å². The second-order valence-electron chi connectivity index (χ2n) is 14.3. The fourth-order valence-corrected chi connectivity index (χ4v) is 7.82. The highest BCUT2D eigenvalue weighted by Gasteiger charge is 2.55. The molecule has 0 bridgehead atoms. The average molecular weight is 734 g/mol. The normalized spacial score (nSPS) is 20.2. The lowest BCUT2D eigenvalue weighted by atomic mass is 9.79. The van der Waals surface area contributed by atoms with E-state index in [1.807, 2.05) is 91.9 Å². The minimum Gasteiger partial charge on any atom is -0.407 e. The van der Waals surface area contributed by atoms with Crippen molar-refractivity contribution in [2.75, 3.05) is 12.3 Å². The third kappa shape index (κ3) is 7.37. The van der Waals surface area contributed by atoms with Crippen LogP contribution in [0.3, 0.4) is 0 Å². The predicted molar refractivity (Wildman–Crippen MR) is 195 cm³/mol. The summed E-state index contributed by atoms with van der Waals surface area (Å²) < 4.78 is 40.3. The number of aromatic amines is 1. The zero-order chi connectivity index (χ0) is 36.8. The Bertz CT molecular complexity index is 2040. The van der Waals surface area contributed by atoms with Crippen LogP contribution in [0.25, 0.3) is 11.2 Å². The molecule has 1 unspecified atom stereocenters. The molecule has 1 saturated heterocycles. The van der Waals surface area contributed by atoms with Gasteiger partial charge < -0.3 is 29.4 Å². The number of benzene rings is 3. The second kappa shape index (κ2) is 13.9. The molecule has 6 rings (SSSR count). The number of rotatable bonds is 11. The van der Waals surface area contributed by atoms with Gasteiger partial charge in [-0.05, 0) is 41.7 Å². The number of H-pyrrole nitrogens is 1. The van der Waals surface area contributed by atoms with Gasteiger partial charge in [-0.25, -0.2) is 9.55 Å². The number of imidazole rings is 1. The van der Waals surface area contributed by atoms with Crippen molar-refractivity contribution in [3.05, 3.63) is 124 Å². The molecule has 0 aliphatic carbocycles. The third-order valence-electron chi connectivity index (χ3n) is 9.79. The monoisotopic (exact) mass is 733 g/mol. The van der Waals surface area contributed by atoms with Crippen LogP contribution in [0.1, 0.15) is 49.3 Å². The summed E-state index contributed by atoms with van der Waals surface area (Å²) in [5.74, 6) is -0.116. The molecule has 0 saturated carbocycles.